The van der Waals surface area contributed by atoms with Crippen LogP contribution in [0, 0.1) is 5.92 Å². The minimum atomic E-state index is -1.07. The molecule has 0 aromatic heterocycles. The number of nitrogens with zero attached hydrogens (tertiary/aromatic N) is 1. The van der Waals surface area contributed by atoms with E-state index in [1.165, 1.54) is 4.90 Å². The Hall–Kier alpha value is -1.99. The van der Waals surface area contributed by atoms with Crippen LogP contribution in [0.4, 0.5) is 9.59 Å². The number of carboxylic acid groups (broad SMARTS) is 1. The lowest BCUT2D eigenvalue weighted by molar-refractivity contribution is -0.144. The van der Waals surface area contributed by atoms with E-state index in [-0.39, 0.29) is 5.92 Å². The number of urea groups is 2. The van der Waals surface area contributed by atoms with Gasteiger partial charge in [-0.1, -0.05) is 20.3 Å². The van der Waals surface area contributed by atoms with E-state index in [2.05, 4.69) is 16.0 Å². The molecule has 0 unspecified atom stereocenters. The number of carboxylic acids is 1. The standard InChI is InChI=1S/C10H16N4O4/c1-3-4(2)5(8(15)16)14-7-6(12-10(14)18)11-9(17)13-7/h4-7H,3H2,1-2H3,(H,12,18)(H,15,16)(H2,11,13,17)/t4-,5-,6+,7-/m1/s1. The quantitative estimate of drug-likeness (QED) is 0.542. The van der Waals surface area contributed by atoms with Crippen molar-refractivity contribution < 1.29 is 19.5 Å². The third-order valence-corrected chi connectivity index (χ3v) is 3.43. The number of aliphatic carboxylic acids is 1. The van der Waals surface area contributed by atoms with Crippen LogP contribution >= 0.6 is 0 Å². The summed E-state index contributed by atoms with van der Waals surface area (Å²) in [6.07, 6.45) is -0.601. The second-order valence-corrected chi connectivity index (χ2v) is 4.57. The Morgan fingerprint density at radius 2 is 2.06 bits per heavy atom. The van der Waals surface area contributed by atoms with Crippen molar-refractivity contribution in [2.45, 2.75) is 38.6 Å². The van der Waals surface area contributed by atoms with Crippen LogP contribution in [0.1, 0.15) is 20.3 Å². The first-order chi connectivity index (χ1) is 8.45. The minimum Gasteiger partial charge on any atom is -0.480 e. The van der Waals surface area contributed by atoms with Crippen molar-refractivity contribution in [1.82, 2.24) is 20.9 Å². The number of hydrogen-bond donors (Lipinski definition) is 4. The summed E-state index contributed by atoms with van der Waals surface area (Å²) in [4.78, 5) is 35.6. The van der Waals surface area contributed by atoms with Crippen molar-refractivity contribution in [2.24, 2.45) is 5.92 Å². The highest BCUT2D eigenvalue weighted by Crippen LogP contribution is 2.23. The number of rotatable bonds is 4. The molecule has 2 aliphatic heterocycles. The van der Waals surface area contributed by atoms with Crippen LogP contribution in [0.15, 0.2) is 0 Å². The molecule has 0 aromatic carbocycles. The summed E-state index contributed by atoms with van der Waals surface area (Å²) < 4.78 is 0. The van der Waals surface area contributed by atoms with E-state index in [4.69, 9.17) is 0 Å². The Bertz CT molecular complexity index is 399. The van der Waals surface area contributed by atoms with E-state index >= 15 is 0 Å². The first-order valence-electron chi connectivity index (χ1n) is 5.84. The van der Waals surface area contributed by atoms with E-state index in [0.717, 1.165) is 0 Å². The second kappa shape index (κ2) is 4.35. The summed E-state index contributed by atoms with van der Waals surface area (Å²) in [7, 11) is 0. The molecule has 8 nitrogen and oxygen atoms in total. The fourth-order valence-corrected chi connectivity index (χ4v) is 2.32. The van der Waals surface area contributed by atoms with Crippen molar-refractivity contribution in [2.75, 3.05) is 0 Å². The number of hydrogen-bond acceptors (Lipinski definition) is 3. The molecule has 2 heterocycles. The van der Waals surface area contributed by atoms with E-state index in [1.807, 2.05) is 6.92 Å². The zero-order valence-electron chi connectivity index (χ0n) is 10.1. The maximum absolute atomic E-state index is 11.8. The van der Waals surface area contributed by atoms with Gasteiger partial charge in [-0.3, -0.25) is 4.90 Å². The van der Waals surface area contributed by atoms with Gasteiger partial charge in [0.15, 0.2) is 0 Å². The first-order valence-corrected chi connectivity index (χ1v) is 5.84. The topological polar surface area (TPSA) is 111 Å². The highest BCUT2D eigenvalue weighted by Gasteiger charge is 2.50. The number of amides is 4. The molecule has 100 valence electrons. The minimum absolute atomic E-state index is 0.204. The van der Waals surface area contributed by atoms with Gasteiger partial charge in [0.1, 0.15) is 18.4 Å². The molecular formula is C10H16N4O4. The predicted octanol–water partition coefficient (Wildman–Crippen LogP) is -0.524. The molecule has 2 aliphatic rings. The smallest absolute Gasteiger partial charge is 0.326 e. The van der Waals surface area contributed by atoms with Crippen molar-refractivity contribution in [3.63, 3.8) is 0 Å². The van der Waals surface area contributed by atoms with E-state index in [9.17, 15) is 19.5 Å². The summed E-state index contributed by atoms with van der Waals surface area (Å²) in [6, 6.07) is -1.85. The highest BCUT2D eigenvalue weighted by molar-refractivity contribution is 5.88. The highest BCUT2D eigenvalue weighted by atomic mass is 16.4. The van der Waals surface area contributed by atoms with Gasteiger partial charge >= 0.3 is 18.0 Å². The average Bonchev–Trinajstić information content (AvgIpc) is 2.76. The molecule has 0 spiro atoms. The fraction of sp³-hybridized carbons (Fsp3) is 0.700. The molecule has 4 atom stereocenters. The van der Waals surface area contributed by atoms with Crippen LogP contribution in [0.3, 0.4) is 0 Å². The van der Waals surface area contributed by atoms with Crippen LogP contribution in [0.5, 0.6) is 0 Å². The summed E-state index contributed by atoms with van der Waals surface area (Å²) >= 11 is 0. The summed E-state index contributed by atoms with van der Waals surface area (Å²) in [5.41, 5.74) is 0. The lowest BCUT2D eigenvalue weighted by Crippen LogP contribution is -2.54. The second-order valence-electron chi connectivity index (χ2n) is 4.57. The van der Waals surface area contributed by atoms with Crippen LogP contribution in [0.25, 0.3) is 0 Å². The van der Waals surface area contributed by atoms with Crippen molar-refractivity contribution in [1.29, 1.82) is 0 Å². The molecule has 2 fully saturated rings. The van der Waals surface area contributed by atoms with Gasteiger partial charge in [-0.2, -0.15) is 0 Å². The molecule has 0 aliphatic carbocycles. The molecule has 2 saturated heterocycles. The first kappa shape index (κ1) is 12.5. The van der Waals surface area contributed by atoms with Crippen molar-refractivity contribution in [3.05, 3.63) is 0 Å². The normalized spacial score (nSPS) is 29.1. The van der Waals surface area contributed by atoms with Gasteiger partial charge in [-0.05, 0) is 5.92 Å². The Labute approximate surface area is 104 Å². The summed E-state index contributed by atoms with van der Waals surface area (Å²) in [5.74, 6) is -1.27. The summed E-state index contributed by atoms with van der Waals surface area (Å²) in [5, 5.41) is 16.9. The lowest BCUT2D eigenvalue weighted by Gasteiger charge is -2.31. The molecule has 18 heavy (non-hydrogen) atoms. The van der Waals surface area contributed by atoms with Gasteiger partial charge < -0.3 is 21.1 Å². The molecule has 4 amide bonds. The van der Waals surface area contributed by atoms with Gasteiger partial charge in [0.25, 0.3) is 0 Å². The van der Waals surface area contributed by atoms with E-state index < -0.39 is 36.4 Å². The van der Waals surface area contributed by atoms with Gasteiger partial charge in [0.2, 0.25) is 0 Å². The number of carbonyl (C=O) groups is 3. The van der Waals surface area contributed by atoms with Gasteiger partial charge in [-0.25, -0.2) is 14.4 Å². The van der Waals surface area contributed by atoms with Crippen LogP contribution in [0.2, 0.25) is 0 Å². The zero-order valence-corrected chi connectivity index (χ0v) is 10.1. The largest absolute Gasteiger partial charge is 0.480 e. The molecule has 0 saturated carbocycles. The maximum atomic E-state index is 11.8. The summed E-state index contributed by atoms with van der Waals surface area (Å²) in [6.45, 7) is 3.63. The monoisotopic (exact) mass is 256 g/mol. The molecule has 4 N–H and O–H groups in total. The Morgan fingerprint density at radius 1 is 1.39 bits per heavy atom. The van der Waals surface area contributed by atoms with Gasteiger partial charge in [0.05, 0.1) is 0 Å². The van der Waals surface area contributed by atoms with Crippen LogP contribution in [-0.4, -0.2) is 46.4 Å². The Balaban J connectivity index is 2.26. The van der Waals surface area contributed by atoms with Crippen LogP contribution in [-0.2, 0) is 4.79 Å². The SMILES string of the molecule is CC[C@@H](C)[C@H](C(=O)O)N1C(=O)N[C@@H]2NC(=O)N[C@@H]21. The lowest BCUT2D eigenvalue weighted by atomic mass is 9.97. The van der Waals surface area contributed by atoms with E-state index in [0.29, 0.717) is 6.42 Å². The molecule has 8 heteroatoms. The molecule has 0 aromatic rings. The van der Waals surface area contributed by atoms with Gasteiger partial charge in [0, 0.05) is 0 Å². The van der Waals surface area contributed by atoms with Crippen LogP contribution < -0.4 is 16.0 Å². The average molecular weight is 256 g/mol. The van der Waals surface area contributed by atoms with Crippen molar-refractivity contribution in [3.8, 4) is 0 Å². The number of fused-ring (bicyclic) bond motifs is 1. The van der Waals surface area contributed by atoms with Crippen molar-refractivity contribution >= 4 is 18.0 Å². The fourth-order valence-electron chi connectivity index (χ4n) is 2.32. The maximum Gasteiger partial charge on any atom is 0.326 e. The van der Waals surface area contributed by atoms with Gasteiger partial charge in [-0.15, -0.1) is 0 Å². The Kier molecular flexibility index (Phi) is 3.02. The zero-order chi connectivity index (χ0) is 13.4. The van der Waals surface area contributed by atoms with E-state index in [1.54, 1.807) is 6.92 Å². The molecule has 0 radical (unpaired) electrons. The number of nitrogens with one attached hydrogen (secondary N) is 3. The Morgan fingerprint density at radius 3 is 2.61 bits per heavy atom. The molecule has 2 rings (SSSR count). The number of carbonyl (C=O) groups excluding carboxylic acids is 2. The molecule has 0 bridgehead atoms. The third kappa shape index (κ3) is 1.83. The predicted molar refractivity (Wildman–Crippen MR) is 60.5 cm³/mol. The molecular weight excluding hydrogens is 240 g/mol. The third-order valence-electron chi connectivity index (χ3n) is 3.43.